The van der Waals surface area contributed by atoms with Crippen molar-refractivity contribution in [3.63, 3.8) is 0 Å². The number of amides is 2. The molecule has 0 heterocycles. The van der Waals surface area contributed by atoms with E-state index in [1.54, 1.807) is 7.11 Å². The second-order valence-electron chi connectivity index (χ2n) is 4.73. The van der Waals surface area contributed by atoms with Crippen molar-refractivity contribution in [3.8, 4) is 0 Å². The van der Waals surface area contributed by atoms with E-state index in [9.17, 15) is 4.79 Å². The minimum atomic E-state index is -0.211. The van der Waals surface area contributed by atoms with Crippen molar-refractivity contribution < 1.29 is 9.53 Å². The molecule has 0 spiro atoms. The van der Waals surface area contributed by atoms with E-state index in [1.807, 2.05) is 31.2 Å². The third-order valence-electron chi connectivity index (χ3n) is 2.63. The van der Waals surface area contributed by atoms with Gasteiger partial charge in [-0.05, 0) is 30.5 Å². The van der Waals surface area contributed by atoms with Crippen LogP contribution in [0.3, 0.4) is 0 Å². The Hall–Kier alpha value is -1.55. The Balaban J connectivity index is 2.49. The van der Waals surface area contributed by atoms with Gasteiger partial charge < -0.3 is 15.4 Å². The molecule has 1 unspecified atom stereocenters. The quantitative estimate of drug-likeness (QED) is 0.844. The van der Waals surface area contributed by atoms with Crippen molar-refractivity contribution in [2.75, 3.05) is 19.0 Å². The maximum Gasteiger partial charge on any atom is 0.319 e. The molecule has 18 heavy (non-hydrogen) atoms. The molecule has 100 valence electrons. The highest BCUT2D eigenvalue weighted by atomic mass is 16.5. The smallest absolute Gasteiger partial charge is 0.319 e. The molecule has 0 fully saturated rings. The van der Waals surface area contributed by atoms with Gasteiger partial charge in [0.05, 0.1) is 12.6 Å². The fourth-order valence-electron chi connectivity index (χ4n) is 1.63. The minimum absolute atomic E-state index is 0.00932. The van der Waals surface area contributed by atoms with Gasteiger partial charge in [-0.3, -0.25) is 0 Å². The highest BCUT2D eigenvalue weighted by Gasteiger charge is 2.07. The van der Waals surface area contributed by atoms with Gasteiger partial charge in [-0.25, -0.2) is 4.79 Å². The molecule has 0 bridgehead atoms. The Kier molecular flexibility index (Phi) is 5.65. The third-order valence-corrected chi connectivity index (χ3v) is 2.63. The molecule has 4 heteroatoms. The summed E-state index contributed by atoms with van der Waals surface area (Å²) in [6.07, 6.45) is 0. The van der Waals surface area contributed by atoms with Gasteiger partial charge in [-0.2, -0.15) is 0 Å². The number of benzene rings is 1. The molecule has 2 N–H and O–H groups in total. The molecule has 1 atom stereocenters. The van der Waals surface area contributed by atoms with Gasteiger partial charge in [0.25, 0.3) is 0 Å². The van der Waals surface area contributed by atoms with E-state index in [4.69, 9.17) is 4.74 Å². The van der Waals surface area contributed by atoms with Crippen LogP contribution in [0.1, 0.15) is 32.3 Å². The number of urea groups is 1. The molecule has 1 aromatic carbocycles. The van der Waals surface area contributed by atoms with Gasteiger partial charge >= 0.3 is 6.03 Å². The van der Waals surface area contributed by atoms with Crippen LogP contribution in [0, 0.1) is 0 Å². The number of carbonyl (C=O) groups is 1. The van der Waals surface area contributed by atoms with Crippen molar-refractivity contribution in [2.45, 2.75) is 32.7 Å². The van der Waals surface area contributed by atoms with Crippen LogP contribution in [0.25, 0.3) is 0 Å². The largest absolute Gasteiger partial charge is 0.383 e. The van der Waals surface area contributed by atoms with Gasteiger partial charge in [0.1, 0.15) is 0 Å². The van der Waals surface area contributed by atoms with Gasteiger partial charge in [-0.15, -0.1) is 0 Å². The molecule has 0 aromatic heterocycles. The first-order valence-corrected chi connectivity index (χ1v) is 6.19. The number of carbonyl (C=O) groups excluding carboxylic acids is 1. The van der Waals surface area contributed by atoms with E-state index in [0.29, 0.717) is 12.5 Å². The lowest BCUT2D eigenvalue weighted by Crippen LogP contribution is -2.38. The molecule has 0 aliphatic heterocycles. The van der Waals surface area contributed by atoms with Crippen LogP contribution < -0.4 is 10.6 Å². The van der Waals surface area contributed by atoms with Crippen molar-refractivity contribution in [3.05, 3.63) is 29.8 Å². The molecule has 1 rings (SSSR count). The number of ether oxygens (including phenoxy) is 1. The molecule has 1 aromatic rings. The van der Waals surface area contributed by atoms with Crippen LogP contribution in [-0.2, 0) is 4.74 Å². The van der Waals surface area contributed by atoms with Crippen LogP contribution in [0.5, 0.6) is 0 Å². The predicted octanol–water partition coefficient (Wildman–Crippen LogP) is 2.97. The lowest BCUT2D eigenvalue weighted by Gasteiger charge is -2.14. The van der Waals surface area contributed by atoms with Crippen LogP contribution in [0.15, 0.2) is 24.3 Å². The van der Waals surface area contributed by atoms with E-state index in [2.05, 4.69) is 24.5 Å². The second kappa shape index (κ2) is 7.01. The summed E-state index contributed by atoms with van der Waals surface area (Å²) < 4.78 is 4.95. The fourth-order valence-corrected chi connectivity index (χ4v) is 1.63. The molecule has 2 amide bonds. The molecule has 0 radical (unpaired) electrons. The second-order valence-corrected chi connectivity index (χ2v) is 4.73. The topological polar surface area (TPSA) is 50.4 Å². The van der Waals surface area contributed by atoms with E-state index < -0.39 is 0 Å². The summed E-state index contributed by atoms with van der Waals surface area (Å²) in [5, 5.41) is 5.58. The Morgan fingerprint density at radius 1 is 1.22 bits per heavy atom. The SMILES string of the molecule is COCC(C)NC(=O)Nc1ccc(C(C)C)cc1. The highest BCUT2D eigenvalue weighted by Crippen LogP contribution is 2.16. The first kappa shape index (κ1) is 14.5. The Labute approximate surface area is 109 Å². The average molecular weight is 250 g/mol. The van der Waals surface area contributed by atoms with E-state index in [1.165, 1.54) is 5.56 Å². The molecule has 0 aliphatic rings. The summed E-state index contributed by atoms with van der Waals surface area (Å²) in [6.45, 7) is 6.67. The number of nitrogens with one attached hydrogen (secondary N) is 2. The number of hydrogen-bond acceptors (Lipinski definition) is 2. The molecule has 0 saturated carbocycles. The number of methoxy groups -OCH3 is 1. The van der Waals surface area contributed by atoms with Crippen molar-refractivity contribution in [1.82, 2.24) is 5.32 Å². The van der Waals surface area contributed by atoms with E-state index >= 15 is 0 Å². The standard InChI is InChI=1S/C14H22N2O2/c1-10(2)12-5-7-13(8-6-12)16-14(17)15-11(3)9-18-4/h5-8,10-11H,9H2,1-4H3,(H2,15,16,17). The first-order chi connectivity index (χ1) is 8.52. The van der Waals surface area contributed by atoms with Crippen LogP contribution in [0.4, 0.5) is 10.5 Å². The Bertz CT molecular complexity index is 374. The zero-order chi connectivity index (χ0) is 13.5. The maximum absolute atomic E-state index is 11.6. The predicted molar refractivity (Wildman–Crippen MR) is 74.0 cm³/mol. The van der Waals surface area contributed by atoms with Crippen LogP contribution in [0.2, 0.25) is 0 Å². The summed E-state index contributed by atoms with van der Waals surface area (Å²) in [5.74, 6) is 0.495. The summed E-state index contributed by atoms with van der Waals surface area (Å²) >= 11 is 0. The van der Waals surface area contributed by atoms with Gasteiger partial charge in [-0.1, -0.05) is 26.0 Å². The summed E-state index contributed by atoms with van der Waals surface area (Å²) in [6, 6.07) is 7.66. The molecular formula is C14H22N2O2. The third kappa shape index (κ3) is 4.75. The van der Waals surface area contributed by atoms with E-state index in [-0.39, 0.29) is 12.1 Å². The maximum atomic E-state index is 11.6. The number of hydrogen-bond donors (Lipinski definition) is 2. The van der Waals surface area contributed by atoms with Crippen molar-refractivity contribution >= 4 is 11.7 Å². The zero-order valence-electron chi connectivity index (χ0n) is 11.5. The Morgan fingerprint density at radius 3 is 2.33 bits per heavy atom. The molecular weight excluding hydrogens is 228 g/mol. The monoisotopic (exact) mass is 250 g/mol. The highest BCUT2D eigenvalue weighted by molar-refractivity contribution is 5.89. The van der Waals surface area contributed by atoms with Gasteiger partial charge in [0, 0.05) is 12.8 Å². The van der Waals surface area contributed by atoms with Gasteiger partial charge in [0.15, 0.2) is 0 Å². The zero-order valence-corrected chi connectivity index (χ0v) is 11.5. The normalized spacial score (nSPS) is 12.3. The molecule has 0 saturated heterocycles. The molecule has 4 nitrogen and oxygen atoms in total. The minimum Gasteiger partial charge on any atom is -0.383 e. The number of rotatable bonds is 5. The van der Waals surface area contributed by atoms with E-state index in [0.717, 1.165) is 5.69 Å². The van der Waals surface area contributed by atoms with Crippen LogP contribution >= 0.6 is 0 Å². The summed E-state index contributed by atoms with van der Waals surface area (Å²) in [5.41, 5.74) is 2.05. The molecule has 0 aliphatic carbocycles. The Morgan fingerprint density at radius 2 is 1.83 bits per heavy atom. The average Bonchev–Trinajstić information content (AvgIpc) is 2.29. The fraction of sp³-hybridized carbons (Fsp3) is 0.500. The van der Waals surface area contributed by atoms with Crippen molar-refractivity contribution in [2.24, 2.45) is 0 Å². The lowest BCUT2D eigenvalue weighted by atomic mass is 10.0. The summed E-state index contributed by atoms with van der Waals surface area (Å²) in [4.78, 5) is 11.6. The summed E-state index contributed by atoms with van der Waals surface area (Å²) in [7, 11) is 1.61. The first-order valence-electron chi connectivity index (χ1n) is 6.19. The van der Waals surface area contributed by atoms with Crippen molar-refractivity contribution in [1.29, 1.82) is 0 Å². The lowest BCUT2D eigenvalue weighted by molar-refractivity contribution is 0.173. The van der Waals surface area contributed by atoms with Gasteiger partial charge in [0.2, 0.25) is 0 Å². The van der Waals surface area contributed by atoms with Crippen LogP contribution in [-0.4, -0.2) is 25.8 Å². The number of anilines is 1.